The summed E-state index contributed by atoms with van der Waals surface area (Å²) in [6, 6.07) is 8.63. The summed E-state index contributed by atoms with van der Waals surface area (Å²) in [4.78, 5) is 25.3. The highest BCUT2D eigenvalue weighted by molar-refractivity contribution is 5.94. The lowest BCUT2D eigenvalue weighted by Crippen LogP contribution is -2.33. The van der Waals surface area contributed by atoms with Crippen LogP contribution in [0.5, 0.6) is 5.75 Å². The molecule has 8 heteroatoms. The van der Waals surface area contributed by atoms with Crippen molar-refractivity contribution in [3.05, 3.63) is 52.3 Å². The van der Waals surface area contributed by atoms with Crippen molar-refractivity contribution < 1.29 is 14.5 Å². The molecule has 2 heterocycles. The standard InChI is InChI=1S/C18H22N4O4/c1-20-9-3-5-15(20)16-6-4-10-21(16)12-18(23)19-14-8-7-13(26-2)11-17(14)22(24)25/h3,5,7-9,11,16H,4,6,10,12H2,1-2H3,(H,19,23)/t16-/m1/s1. The molecule has 0 bridgehead atoms. The number of aromatic nitrogens is 1. The van der Waals surface area contributed by atoms with E-state index in [1.807, 2.05) is 19.3 Å². The average Bonchev–Trinajstić information content (AvgIpc) is 3.23. The number of carbonyl (C=O) groups is 1. The lowest BCUT2D eigenvalue weighted by atomic mass is 10.1. The van der Waals surface area contributed by atoms with Crippen LogP contribution in [0.15, 0.2) is 36.5 Å². The Balaban J connectivity index is 1.71. The molecule has 1 aromatic heterocycles. The zero-order chi connectivity index (χ0) is 18.7. The third-order valence-corrected chi connectivity index (χ3v) is 4.71. The molecule has 1 aliphatic heterocycles. The minimum absolute atomic E-state index is 0.176. The first kappa shape index (κ1) is 17.9. The van der Waals surface area contributed by atoms with Crippen molar-refractivity contribution in [3.8, 4) is 5.75 Å². The molecule has 1 amide bonds. The second kappa shape index (κ2) is 7.57. The lowest BCUT2D eigenvalue weighted by molar-refractivity contribution is -0.384. The molecule has 8 nitrogen and oxygen atoms in total. The number of nitrogens with zero attached hydrogens (tertiary/aromatic N) is 3. The molecule has 0 unspecified atom stereocenters. The van der Waals surface area contributed by atoms with Gasteiger partial charge in [0.2, 0.25) is 5.91 Å². The van der Waals surface area contributed by atoms with Crippen molar-refractivity contribution >= 4 is 17.3 Å². The maximum atomic E-state index is 12.5. The fraction of sp³-hybridized carbons (Fsp3) is 0.389. The van der Waals surface area contributed by atoms with E-state index in [1.165, 1.54) is 24.9 Å². The van der Waals surface area contributed by atoms with Gasteiger partial charge in [0.05, 0.1) is 30.7 Å². The van der Waals surface area contributed by atoms with Gasteiger partial charge in [0.1, 0.15) is 11.4 Å². The van der Waals surface area contributed by atoms with Gasteiger partial charge in [-0.1, -0.05) is 0 Å². The Kier molecular flexibility index (Phi) is 5.22. The van der Waals surface area contributed by atoms with E-state index in [0.717, 1.165) is 19.4 Å². The van der Waals surface area contributed by atoms with Gasteiger partial charge in [0, 0.05) is 18.9 Å². The van der Waals surface area contributed by atoms with E-state index in [-0.39, 0.29) is 29.9 Å². The van der Waals surface area contributed by atoms with Crippen molar-refractivity contribution in [2.75, 3.05) is 25.5 Å². The van der Waals surface area contributed by atoms with Crippen LogP contribution in [-0.2, 0) is 11.8 Å². The number of benzene rings is 1. The quantitative estimate of drug-likeness (QED) is 0.633. The summed E-state index contributed by atoms with van der Waals surface area (Å²) in [7, 11) is 3.43. The molecule has 3 rings (SSSR count). The molecule has 1 atom stereocenters. The van der Waals surface area contributed by atoms with Crippen LogP contribution in [0.25, 0.3) is 0 Å². The predicted octanol–water partition coefficient (Wildman–Crippen LogP) is 2.72. The first-order valence-corrected chi connectivity index (χ1v) is 8.47. The van der Waals surface area contributed by atoms with E-state index in [0.29, 0.717) is 5.75 Å². The smallest absolute Gasteiger partial charge is 0.296 e. The van der Waals surface area contributed by atoms with E-state index < -0.39 is 4.92 Å². The topological polar surface area (TPSA) is 89.6 Å². The molecular weight excluding hydrogens is 336 g/mol. The highest BCUT2D eigenvalue weighted by Gasteiger charge is 2.29. The molecular formula is C18H22N4O4. The Morgan fingerprint density at radius 1 is 1.42 bits per heavy atom. The molecule has 0 aliphatic carbocycles. The van der Waals surface area contributed by atoms with Crippen molar-refractivity contribution in [1.29, 1.82) is 0 Å². The molecule has 138 valence electrons. The Morgan fingerprint density at radius 2 is 2.23 bits per heavy atom. The number of amides is 1. The first-order chi connectivity index (χ1) is 12.5. The van der Waals surface area contributed by atoms with Crippen molar-refractivity contribution in [1.82, 2.24) is 9.47 Å². The normalized spacial score (nSPS) is 17.2. The Bertz CT molecular complexity index is 817. The van der Waals surface area contributed by atoms with Crippen LogP contribution in [0.2, 0.25) is 0 Å². The number of nitro groups is 1. The summed E-state index contributed by atoms with van der Waals surface area (Å²) in [6.07, 6.45) is 4.01. The van der Waals surface area contributed by atoms with E-state index in [1.54, 1.807) is 6.07 Å². The Hall–Kier alpha value is -2.87. The maximum absolute atomic E-state index is 12.5. The van der Waals surface area contributed by atoms with Gasteiger partial charge in [0.25, 0.3) is 5.69 Å². The van der Waals surface area contributed by atoms with Gasteiger partial charge in [-0.05, 0) is 43.7 Å². The average molecular weight is 358 g/mol. The van der Waals surface area contributed by atoms with Gasteiger partial charge in [0.15, 0.2) is 0 Å². The maximum Gasteiger partial charge on any atom is 0.296 e. The number of ether oxygens (including phenoxy) is 1. The SMILES string of the molecule is COc1ccc(NC(=O)CN2CCC[C@@H]2c2cccn2C)c([N+](=O)[O-])c1. The summed E-state index contributed by atoms with van der Waals surface area (Å²) in [5.74, 6) is 0.109. The monoisotopic (exact) mass is 358 g/mol. The van der Waals surface area contributed by atoms with Crippen LogP contribution in [-0.4, -0.2) is 40.5 Å². The molecule has 1 aromatic carbocycles. The van der Waals surface area contributed by atoms with Crippen LogP contribution in [0.3, 0.4) is 0 Å². The van der Waals surface area contributed by atoms with Crippen LogP contribution >= 0.6 is 0 Å². The van der Waals surface area contributed by atoms with Gasteiger partial charge >= 0.3 is 0 Å². The van der Waals surface area contributed by atoms with Gasteiger partial charge in [-0.25, -0.2) is 0 Å². The fourth-order valence-electron chi connectivity index (χ4n) is 3.44. The molecule has 1 N–H and O–H groups in total. The summed E-state index contributed by atoms with van der Waals surface area (Å²) in [6.45, 7) is 1.02. The molecule has 1 saturated heterocycles. The van der Waals surface area contributed by atoms with Crippen LogP contribution in [0.4, 0.5) is 11.4 Å². The fourth-order valence-corrected chi connectivity index (χ4v) is 3.44. The van der Waals surface area contributed by atoms with E-state index in [2.05, 4.69) is 20.9 Å². The number of aryl methyl sites for hydroxylation is 1. The minimum atomic E-state index is -0.527. The molecule has 1 aliphatic rings. The van der Waals surface area contributed by atoms with Crippen molar-refractivity contribution in [2.45, 2.75) is 18.9 Å². The number of anilines is 1. The zero-order valence-electron chi connectivity index (χ0n) is 14.8. The summed E-state index contributed by atoms with van der Waals surface area (Å²) in [5, 5.41) is 13.9. The number of hydrogen-bond acceptors (Lipinski definition) is 5. The first-order valence-electron chi connectivity index (χ1n) is 8.47. The summed E-state index contributed by atoms with van der Waals surface area (Å²) >= 11 is 0. The number of nitro benzene ring substituents is 1. The molecule has 26 heavy (non-hydrogen) atoms. The Labute approximate surface area is 151 Å². The van der Waals surface area contributed by atoms with Gasteiger partial charge in [-0.15, -0.1) is 0 Å². The number of hydrogen-bond donors (Lipinski definition) is 1. The summed E-state index contributed by atoms with van der Waals surface area (Å²) in [5.41, 5.74) is 1.17. The van der Waals surface area contributed by atoms with E-state index >= 15 is 0 Å². The minimum Gasteiger partial charge on any atom is -0.496 e. The lowest BCUT2D eigenvalue weighted by Gasteiger charge is -2.24. The second-order valence-corrected chi connectivity index (χ2v) is 6.36. The number of nitrogens with one attached hydrogen (secondary N) is 1. The number of methoxy groups -OCH3 is 1. The van der Waals surface area contributed by atoms with Gasteiger partial charge in [-0.2, -0.15) is 0 Å². The number of likely N-dealkylation sites (tertiary alicyclic amines) is 1. The largest absolute Gasteiger partial charge is 0.496 e. The molecule has 1 fully saturated rings. The zero-order valence-corrected chi connectivity index (χ0v) is 14.8. The number of carbonyl (C=O) groups excluding carboxylic acids is 1. The van der Waals surface area contributed by atoms with Gasteiger partial charge < -0.3 is 14.6 Å². The van der Waals surface area contributed by atoms with Crippen LogP contribution in [0, 0.1) is 10.1 Å². The van der Waals surface area contributed by atoms with Crippen molar-refractivity contribution in [3.63, 3.8) is 0 Å². The van der Waals surface area contributed by atoms with Crippen molar-refractivity contribution in [2.24, 2.45) is 7.05 Å². The molecule has 0 saturated carbocycles. The third kappa shape index (κ3) is 3.70. The van der Waals surface area contributed by atoms with E-state index in [9.17, 15) is 14.9 Å². The van der Waals surface area contributed by atoms with Crippen LogP contribution in [0.1, 0.15) is 24.6 Å². The Morgan fingerprint density at radius 3 is 2.88 bits per heavy atom. The van der Waals surface area contributed by atoms with Gasteiger partial charge in [-0.3, -0.25) is 19.8 Å². The highest BCUT2D eigenvalue weighted by Crippen LogP contribution is 2.32. The predicted molar refractivity (Wildman–Crippen MR) is 97.2 cm³/mol. The van der Waals surface area contributed by atoms with Crippen LogP contribution < -0.4 is 10.1 Å². The highest BCUT2D eigenvalue weighted by atomic mass is 16.6. The second-order valence-electron chi connectivity index (χ2n) is 6.36. The summed E-state index contributed by atoms with van der Waals surface area (Å²) < 4.78 is 7.08. The number of rotatable bonds is 6. The third-order valence-electron chi connectivity index (χ3n) is 4.71. The molecule has 2 aromatic rings. The van der Waals surface area contributed by atoms with E-state index in [4.69, 9.17) is 4.74 Å². The molecule has 0 spiro atoms. The molecule has 0 radical (unpaired) electrons.